The standard InChI is InChI=1S/C14H14BNO3/c1-2-16-13-6-4-3-5-11(13)12-9-10(19-15(17)18)7-8-14(12)16/h3-9,17-18H,2H2,1H3. The van der Waals surface area contributed by atoms with Gasteiger partial charge in [0.1, 0.15) is 5.75 Å². The average Bonchev–Trinajstić information content (AvgIpc) is 2.71. The fraction of sp³-hybridized carbons (Fsp3) is 0.143. The van der Waals surface area contributed by atoms with Crippen LogP contribution < -0.4 is 4.65 Å². The largest absolute Gasteiger partial charge is 0.707 e. The van der Waals surface area contributed by atoms with E-state index in [9.17, 15) is 0 Å². The van der Waals surface area contributed by atoms with Crippen molar-refractivity contribution in [1.82, 2.24) is 4.57 Å². The van der Waals surface area contributed by atoms with Gasteiger partial charge >= 0.3 is 7.32 Å². The SMILES string of the molecule is CCn1c2ccccc2c2cc(OB(O)O)ccc21. The fourth-order valence-electron chi connectivity index (χ4n) is 2.57. The van der Waals surface area contributed by atoms with Gasteiger partial charge in [0.2, 0.25) is 0 Å². The zero-order valence-electron chi connectivity index (χ0n) is 10.6. The van der Waals surface area contributed by atoms with Crippen LogP contribution in [0.3, 0.4) is 0 Å². The highest BCUT2D eigenvalue weighted by Gasteiger charge is 2.14. The van der Waals surface area contributed by atoms with Gasteiger partial charge in [-0.25, -0.2) is 0 Å². The molecule has 3 aromatic rings. The second-order valence-electron chi connectivity index (χ2n) is 4.38. The summed E-state index contributed by atoms with van der Waals surface area (Å²) < 4.78 is 7.14. The second kappa shape index (κ2) is 4.61. The van der Waals surface area contributed by atoms with Gasteiger partial charge in [-0.1, -0.05) is 18.2 Å². The van der Waals surface area contributed by atoms with E-state index in [1.807, 2.05) is 24.3 Å². The van der Waals surface area contributed by atoms with Crippen molar-refractivity contribution in [3.63, 3.8) is 0 Å². The number of hydrogen-bond donors (Lipinski definition) is 2. The lowest BCUT2D eigenvalue weighted by Gasteiger charge is -2.05. The molecule has 19 heavy (non-hydrogen) atoms. The normalized spacial score (nSPS) is 11.1. The minimum absolute atomic E-state index is 0.446. The number of aromatic nitrogens is 1. The average molecular weight is 255 g/mol. The fourth-order valence-corrected chi connectivity index (χ4v) is 2.57. The third kappa shape index (κ3) is 1.97. The van der Waals surface area contributed by atoms with Gasteiger partial charge in [0.05, 0.1) is 0 Å². The molecule has 3 rings (SSSR count). The van der Waals surface area contributed by atoms with Gasteiger partial charge in [-0.3, -0.25) is 0 Å². The van der Waals surface area contributed by atoms with E-state index in [0.29, 0.717) is 5.75 Å². The van der Waals surface area contributed by atoms with Crippen LogP contribution in [-0.2, 0) is 6.54 Å². The van der Waals surface area contributed by atoms with Crippen LogP contribution in [0.25, 0.3) is 21.8 Å². The molecule has 0 fully saturated rings. The van der Waals surface area contributed by atoms with Crippen molar-refractivity contribution >= 4 is 29.1 Å². The highest BCUT2D eigenvalue weighted by atomic mass is 16.6. The molecule has 2 aromatic carbocycles. The molecule has 96 valence electrons. The molecule has 1 aromatic heterocycles. The van der Waals surface area contributed by atoms with Gasteiger partial charge in [0.15, 0.2) is 0 Å². The molecule has 0 aliphatic rings. The summed E-state index contributed by atoms with van der Waals surface area (Å²) in [5.74, 6) is 0.446. The van der Waals surface area contributed by atoms with Crippen LogP contribution in [0.2, 0.25) is 0 Å². The number of para-hydroxylation sites is 1. The van der Waals surface area contributed by atoms with Gasteiger partial charge in [-0.2, -0.15) is 0 Å². The molecule has 0 radical (unpaired) electrons. The predicted molar refractivity (Wildman–Crippen MR) is 75.9 cm³/mol. The molecule has 4 nitrogen and oxygen atoms in total. The third-order valence-corrected chi connectivity index (χ3v) is 3.30. The number of aryl methyl sites for hydroxylation is 1. The van der Waals surface area contributed by atoms with E-state index in [2.05, 4.69) is 23.6 Å². The summed E-state index contributed by atoms with van der Waals surface area (Å²) in [7, 11) is -1.79. The Bertz CT molecular complexity index is 736. The highest BCUT2D eigenvalue weighted by molar-refractivity contribution is 6.33. The molecular formula is C14H14BNO3. The predicted octanol–water partition coefficient (Wildman–Crippen LogP) is 2.16. The van der Waals surface area contributed by atoms with Crippen LogP contribution in [0.15, 0.2) is 42.5 Å². The molecule has 0 unspecified atom stereocenters. The second-order valence-corrected chi connectivity index (χ2v) is 4.38. The van der Waals surface area contributed by atoms with E-state index >= 15 is 0 Å². The van der Waals surface area contributed by atoms with Gasteiger partial charge in [0.25, 0.3) is 0 Å². The molecule has 0 saturated heterocycles. The number of fused-ring (bicyclic) bond motifs is 3. The Morgan fingerprint density at radius 2 is 1.79 bits per heavy atom. The maximum atomic E-state index is 8.87. The Kier molecular flexibility index (Phi) is 2.93. The molecule has 1 heterocycles. The minimum Gasteiger partial charge on any atom is -0.512 e. The quantitative estimate of drug-likeness (QED) is 0.705. The first-order valence-corrected chi connectivity index (χ1v) is 6.24. The van der Waals surface area contributed by atoms with Gasteiger partial charge in [-0.15, -0.1) is 0 Å². The molecular weight excluding hydrogens is 241 g/mol. The van der Waals surface area contributed by atoms with Crippen molar-refractivity contribution in [2.45, 2.75) is 13.5 Å². The van der Waals surface area contributed by atoms with Gasteiger partial charge < -0.3 is 19.3 Å². The van der Waals surface area contributed by atoms with Gasteiger partial charge in [-0.05, 0) is 31.2 Å². The van der Waals surface area contributed by atoms with Crippen LogP contribution in [0, 0.1) is 0 Å². The summed E-state index contributed by atoms with van der Waals surface area (Å²) in [4.78, 5) is 0. The van der Waals surface area contributed by atoms with Crippen LogP contribution in [0.1, 0.15) is 6.92 Å². The summed E-state index contributed by atoms with van der Waals surface area (Å²) in [6.07, 6.45) is 0. The topological polar surface area (TPSA) is 54.6 Å². The van der Waals surface area contributed by atoms with Crippen molar-refractivity contribution in [2.75, 3.05) is 0 Å². The van der Waals surface area contributed by atoms with Crippen molar-refractivity contribution in [3.8, 4) is 5.75 Å². The summed E-state index contributed by atoms with van der Waals surface area (Å²) in [5.41, 5.74) is 2.28. The Labute approximate surface area is 111 Å². The first kappa shape index (κ1) is 12.1. The van der Waals surface area contributed by atoms with Gasteiger partial charge in [0, 0.05) is 28.4 Å². The summed E-state index contributed by atoms with van der Waals surface area (Å²) in [6, 6.07) is 13.7. The molecule has 0 bridgehead atoms. The van der Waals surface area contributed by atoms with E-state index in [4.69, 9.17) is 14.7 Å². The first-order chi connectivity index (χ1) is 9.20. The number of rotatable bonds is 3. The molecule has 0 aliphatic carbocycles. The monoisotopic (exact) mass is 255 g/mol. The Balaban J connectivity index is 2.30. The molecule has 0 aliphatic heterocycles. The van der Waals surface area contributed by atoms with Crippen LogP contribution in [-0.4, -0.2) is 21.9 Å². The molecule has 0 amide bonds. The minimum atomic E-state index is -1.79. The van der Waals surface area contributed by atoms with Crippen LogP contribution in [0.4, 0.5) is 0 Å². The highest BCUT2D eigenvalue weighted by Crippen LogP contribution is 2.31. The first-order valence-electron chi connectivity index (χ1n) is 6.24. The smallest absolute Gasteiger partial charge is 0.512 e. The van der Waals surface area contributed by atoms with Crippen LogP contribution in [0.5, 0.6) is 5.75 Å². The molecule has 2 N–H and O–H groups in total. The van der Waals surface area contributed by atoms with Crippen molar-refractivity contribution in [3.05, 3.63) is 42.5 Å². The van der Waals surface area contributed by atoms with Crippen molar-refractivity contribution < 1.29 is 14.7 Å². The Morgan fingerprint density at radius 1 is 1.05 bits per heavy atom. The number of hydrogen-bond acceptors (Lipinski definition) is 3. The van der Waals surface area contributed by atoms with E-state index in [1.165, 1.54) is 5.52 Å². The van der Waals surface area contributed by atoms with E-state index in [0.717, 1.165) is 22.8 Å². The molecule has 5 heteroatoms. The zero-order valence-corrected chi connectivity index (χ0v) is 10.6. The zero-order chi connectivity index (χ0) is 13.4. The summed E-state index contributed by atoms with van der Waals surface area (Å²) >= 11 is 0. The lowest BCUT2D eigenvalue weighted by Crippen LogP contribution is -2.20. The van der Waals surface area contributed by atoms with E-state index < -0.39 is 7.32 Å². The Hall–Kier alpha value is -1.98. The Morgan fingerprint density at radius 3 is 2.53 bits per heavy atom. The maximum absolute atomic E-state index is 8.87. The molecule has 0 atom stereocenters. The number of benzene rings is 2. The number of nitrogens with zero attached hydrogens (tertiary/aromatic N) is 1. The molecule has 0 spiro atoms. The van der Waals surface area contributed by atoms with Crippen LogP contribution >= 0.6 is 0 Å². The molecule has 0 saturated carbocycles. The summed E-state index contributed by atoms with van der Waals surface area (Å²) in [6.45, 7) is 2.99. The van der Waals surface area contributed by atoms with E-state index in [-0.39, 0.29) is 0 Å². The summed E-state index contributed by atoms with van der Waals surface area (Å²) in [5, 5.41) is 19.9. The lowest BCUT2D eigenvalue weighted by atomic mass is 10.1. The lowest BCUT2D eigenvalue weighted by molar-refractivity contribution is 0.288. The van der Waals surface area contributed by atoms with E-state index in [1.54, 1.807) is 6.07 Å². The van der Waals surface area contributed by atoms with Crippen molar-refractivity contribution in [2.24, 2.45) is 0 Å². The third-order valence-electron chi connectivity index (χ3n) is 3.30. The maximum Gasteiger partial charge on any atom is 0.707 e. The van der Waals surface area contributed by atoms with Crippen molar-refractivity contribution in [1.29, 1.82) is 0 Å².